The number of primary amides is 1. The Morgan fingerprint density at radius 3 is 1.81 bits per heavy atom. The van der Waals surface area contributed by atoms with Crippen molar-refractivity contribution in [3.63, 3.8) is 0 Å². The molecule has 0 aliphatic heterocycles. The molecule has 10 heteroatoms. The van der Waals surface area contributed by atoms with Gasteiger partial charge in [-0.05, 0) is 68.5 Å². The van der Waals surface area contributed by atoms with Gasteiger partial charge in [0.05, 0.1) is 18.6 Å². The molecular formula is C27H31F2N2NaO5. The minimum absolute atomic E-state index is 0. The molecule has 2 atom stereocenters. The quantitative estimate of drug-likeness (QED) is 0.285. The van der Waals surface area contributed by atoms with Crippen LogP contribution >= 0.6 is 0 Å². The molecule has 0 aliphatic carbocycles. The maximum absolute atomic E-state index is 13.8. The average molecular weight is 525 g/mol. The number of rotatable bonds is 11. The second kappa shape index (κ2) is 13.3. The van der Waals surface area contributed by atoms with Gasteiger partial charge in [-0.1, -0.05) is 24.3 Å². The van der Waals surface area contributed by atoms with Gasteiger partial charge in [0, 0.05) is 22.9 Å². The van der Waals surface area contributed by atoms with E-state index in [1.807, 2.05) is 13.8 Å². The Kier molecular flexibility index (Phi) is 11.0. The third kappa shape index (κ3) is 7.49. The number of nitrogens with zero attached hydrogens (tertiary/aromatic N) is 1. The number of halogens is 2. The number of aliphatic hydroxyl groups excluding tert-OH is 2. The first-order valence-corrected chi connectivity index (χ1v) is 11.7. The van der Waals surface area contributed by atoms with Crippen molar-refractivity contribution in [1.29, 1.82) is 0 Å². The first-order chi connectivity index (χ1) is 17.0. The summed E-state index contributed by atoms with van der Waals surface area (Å²) in [6.07, 6.45) is -2.44. The third-order valence-electron chi connectivity index (χ3n) is 5.99. The van der Waals surface area contributed by atoms with E-state index >= 15 is 0 Å². The van der Waals surface area contributed by atoms with Crippen molar-refractivity contribution in [2.75, 3.05) is 0 Å². The molecule has 0 unspecified atom stereocenters. The molecule has 1 aromatic heterocycles. The number of carboxylic acid groups (broad SMARTS) is 1. The van der Waals surface area contributed by atoms with Gasteiger partial charge in [0.25, 0.3) is 5.91 Å². The van der Waals surface area contributed by atoms with E-state index in [-0.39, 0.29) is 60.6 Å². The zero-order valence-electron chi connectivity index (χ0n) is 20.1. The molecular weight excluding hydrogens is 493 g/mol. The van der Waals surface area contributed by atoms with Crippen molar-refractivity contribution in [3.05, 3.63) is 71.6 Å². The Balaban J connectivity index is 0.00000481. The van der Waals surface area contributed by atoms with E-state index in [1.54, 1.807) is 16.7 Å². The third-order valence-corrected chi connectivity index (χ3v) is 5.99. The Hall–Kier alpha value is -2.56. The fourth-order valence-electron chi connectivity index (χ4n) is 4.54. The van der Waals surface area contributed by atoms with Gasteiger partial charge in [-0.2, -0.15) is 0 Å². The summed E-state index contributed by atoms with van der Waals surface area (Å²) >= 11 is 0. The standard InChI is InChI=1S/C27H30F2N2O5.Na.H/c1-15(2)31-22(12-11-20(32)13-21(33)14-23(34)35)24(16-3-7-18(28)8-4-16)25(26(31)27(30)36)17-5-9-19(29)10-6-17;;/h3-10,15,20-21,32-33H,11-14H2,1-2H3,(H2,30,36)(H,34,35);;/t20-,21-;;/m1../s1. The van der Waals surface area contributed by atoms with Crippen LogP contribution in [0, 0.1) is 11.6 Å². The molecule has 1 amide bonds. The maximum atomic E-state index is 13.8. The number of carbonyl (C=O) groups excluding carboxylic acids is 1. The summed E-state index contributed by atoms with van der Waals surface area (Å²) in [5.41, 5.74) is 8.91. The average Bonchev–Trinajstić information content (AvgIpc) is 3.14. The van der Waals surface area contributed by atoms with Gasteiger partial charge in [-0.25, -0.2) is 8.78 Å². The second-order valence-corrected chi connectivity index (χ2v) is 9.07. The molecule has 194 valence electrons. The van der Waals surface area contributed by atoms with E-state index < -0.39 is 42.1 Å². The number of aliphatic carboxylic acids is 1. The van der Waals surface area contributed by atoms with Gasteiger partial charge in [0.15, 0.2) is 0 Å². The molecule has 0 radical (unpaired) electrons. The molecule has 3 rings (SSSR count). The molecule has 37 heavy (non-hydrogen) atoms. The van der Waals surface area contributed by atoms with Crippen molar-refractivity contribution in [3.8, 4) is 22.3 Å². The van der Waals surface area contributed by atoms with Crippen LogP contribution in [0.25, 0.3) is 22.3 Å². The molecule has 1 heterocycles. The summed E-state index contributed by atoms with van der Waals surface area (Å²) in [6.45, 7) is 3.73. The van der Waals surface area contributed by atoms with Crippen molar-refractivity contribution in [2.24, 2.45) is 5.73 Å². The summed E-state index contributed by atoms with van der Waals surface area (Å²) in [7, 11) is 0. The second-order valence-electron chi connectivity index (χ2n) is 9.07. The van der Waals surface area contributed by atoms with Crippen LogP contribution in [0.3, 0.4) is 0 Å². The van der Waals surface area contributed by atoms with Gasteiger partial charge in [0.2, 0.25) is 0 Å². The fourth-order valence-corrected chi connectivity index (χ4v) is 4.54. The molecule has 5 N–H and O–H groups in total. The Labute approximate surface area is 236 Å². The fraction of sp³-hybridized carbons (Fsp3) is 0.333. The van der Waals surface area contributed by atoms with Gasteiger partial charge in [0.1, 0.15) is 17.3 Å². The van der Waals surface area contributed by atoms with Crippen LogP contribution in [0.1, 0.15) is 55.3 Å². The number of carbonyl (C=O) groups is 2. The van der Waals surface area contributed by atoms with Crippen molar-refractivity contribution < 1.29 is 33.7 Å². The molecule has 0 bridgehead atoms. The number of amides is 1. The summed E-state index contributed by atoms with van der Waals surface area (Å²) in [6, 6.07) is 11.1. The first-order valence-electron chi connectivity index (χ1n) is 11.7. The SMILES string of the molecule is CC(C)n1c(CC[C@@H](O)C[C@@H](O)CC(=O)O)c(-c2ccc(F)cc2)c(-c2ccc(F)cc2)c1C(N)=O.[NaH]. The van der Waals surface area contributed by atoms with E-state index in [1.165, 1.54) is 36.4 Å². The number of hydrogen-bond acceptors (Lipinski definition) is 4. The van der Waals surface area contributed by atoms with E-state index in [4.69, 9.17) is 10.8 Å². The van der Waals surface area contributed by atoms with Crippen molar-refractivity contribution in [2.45, 2.75) is 57.8 Å². The first kappa shape index (κ1) is 30.7. The number of benzene rings is 2. The van der Waals surface area contributed by atoms with Crippen LogP contribution in [0.15, 0.2) is 48.5 Å². The monoisotopic (exact) mass is 524 g/mol. The number of carboxylic acids is 1. The van der Waals surface area contributed by atoms with Gasteiger partial charge >= 0.3 is 35.5 Å². The van der Waals surface area contributed by atoms with Crippen LogP contribution in [-0.2, 0) is 11.2 Å². The van der Waals surface area contributed by atoms with E-state index in [0.29, 0.717) is 27.9 Å². The van der Waals surface area contributed by atoms with Crippen LogP contribution in [0.2, 0.25) is 0 Å². The van der Waals surface area contributed by atoms with Gasteiger partial charge in [-0.15, -0.1) is 0 Å². The number of aromatic nitrogens is 1. The topological polar surface area (TPSA) is 126 Å². The molecule has 0 saturated heterocycles. The predicted octanol–water partition coefficient (Wildman–Crippen LogP) is 3.65. The molecule has 7 nitrogen and oxygen atoms in total. The Morgan fingerprint density at radius 2 is 1.38 bits per heavy atom. The minimum atomic E-state index is -1.21. The van der Waals surface area contributed by atoms with E-state index in [0.717, 1.165) is 0 Å². The zero-order chi connectivity index (χ0) is 26.6. The molecule has 3 aromatic rings. The van der Waals surface area contributed by atoms with Gasteiger partial charge in [-0.3, -0.25) is 9.59 Å². The molecule has 2 aromatic carbocycles. The Bertz CT molecular complexity index is 1230. The van der Waals surface area contributed by atoms with Gasteiger partial charge < -0.3 is 25.6 Å². The normalized spacial score (nSPS) is 12.7. The Morgan fingerprint density at radius 1 is 0.892 bits per heavy atom. The molecule has 0 spiro atoms. The summed E-state index contributed by atoms with van der Waals surface area (Å²) < 4.78 is 29.2. The van der Waals surface area contributed by atoms with Crippen LogP contribution in [0.5, 0.6) is 0 Å². The number of nitrogens with two attached hydrogens (primary N) is 1. The van der Waals surface area contributed by atoms with E-state index in [2.05, 4.69) is 0 Å². The van der Waals surface area contributed by atoms with Crippen LogP contribution in [0.4, 0.5) is 8.78 Å². The van der Waals surface area contributed by atoms with Crippen LogP contribution in [-0.4, -0.2) is 73.5 Å². The summed E-state index contributed by atoms with van der Waals surface area (Å²) in [5.74, 6) is -2.76. The van der Waals surface area contributed by atoms with Crippen molar-refractivity contribution >= 4 is 41.4 Å². The predicted molar refractivity (Wildman–Crippen MR) is 138 cm³/mol. The van der Waals surface area contributed by atoms with Crippen LogP contribution < -0.4 is 5.73 Å². The molecule has 0 fully saturated rings. The summed E-state index contributed by atoms with van der Waals surface area (Å²) in [5, 5.41) is 29.3. The zero-order valence-corrected chi connectivity index (χ0v) is 20.1. The van der Waals surface area contributed by atoms with Crippen molar-refractivity contribution in [1.82, 2.24) is 4.57 Å². The van der Waals surface area contributed by atoms with E-state index in [9.17, 15) is 28.6 Å². The number of aliphatic hydroxyl groups is 2. The molecule has 0 saturated carbocycles. The summed E-state index contributed by atoms with van der Waals surface area (Å²) in [4.78, 5) is 23.6. The number of hydrogen-bond donors (Lipinski definition) is 4. The molecule has 0 aliphatic rings.